The fourth-order valence-corrected chi connectivity index (χ4v) is 1.46. The number of ether oxygens (including phenoxy) is 1. The van der Waals surface area contributed by atoms with Gasteiger partial charge in [-0.3, -0.25) is 5.32 Å². The molecule has 2 unspecified atom stereocenters. The highest BCUT2D eigenvalue weighted by atomic mass is 16.5. The van der Waals surface area contributed by atoms with E-state index in [4.69, 9.17) is 4.74 Å². The fraction of sp³-hybridized carbons (Fsp3) is 1.00. The topological polar surface area (TPSA) is 21.3 Å². The molecule has 0 aromatic heterocycles. The van der Waals surface area contributed by atoms with Crippen molar-refractivity contribution in [3.8, 4) is 0 Å². The number of rotatable bonds is 0. The van der Waals surface area contributed by atoms with Crippen LogP contribution in [0.3, 0.4) is 0 Å². The van der Waals surface area contributed by atoms with Gasteiger partial charge in [-0.25, -0.2) is 0 Å². The van der Waals surface area contributed by atoms with Crippen LogP contribution in [0, 0.1) is 5.41 Å². The Kier molecular flexibility index (Phi) is 2.55. The van der Waals surface area contributed by atoms with Crippen molar-refractivity contribution in [2.45, 2.75) is 46.4 Å². The molecule has 66 valence electrons. The van der Waals surface area contributed by atoms with Crippen LogP contribution >= 0.6 is 0 Å². The van der Waals surface area contributed by atoms with Crippen LogP contribution in [0.5, 0.6) is 0 Å². The first kappa shape index (κ1) is 9.01. The van der Waals surface area contributed by atoms with E-state index in [0.717, 1.165) is 13.0 Å². The highest BCUT2D eigenvalue weighted by Gasteiger charge is 2.28. The van der Waals surface area contributed by atoms with Gasteiger partial charge in [0, 0.05) is 6.04 Å². The van der Waals surface area contributed by atoms with Crippen molar-refractivity contribution in [3.63, 3.8) is 0 Å². The van der Waals surface area contributed by atoms with Crippen molar-refractivity contribution in [1.82, 2.24) is 5.32 Å². The summed E-state index contributed by atoms with van der Waals surface area (Å²) in [6, 6.07) is 0.603. The van der Waals surface area contributed by atoms with Gasteiger partial charge >= 0.3 is 0 Å². The summed E-state index contributed by atoms with van der Waals surface area (Å²) in [5.74, 6) is 0. The van der Waals surface area contributed by atoms with Crippen LogP contribution in [0.15, 0.2) is 0 Å². The lowest BCUT2D eigenvalue weighted by Gasteiger charge is -2.37. The molecule has 1 heterocycles. The summed E-state index contributed by atoms with van der Waals surface area (Å²) in [4.78, 5) is 0. The van der Waals surface area contributed by atoms with Gasteiger partial charge in [0.1, 0.15) is 6.23 Å². The van der Waals surface area contributed by atoms with Gasteiger partial charge in [0.05, 0.1) is 6.61 Å². The average molecular weight is 157 g/mol. The van der Waals surface area contributed by atoms with Crippen molar-refractivity contribution in [2.75, 3.05) is 6.61 Å². The first-order valence-electron chi connectivity index (χ1n) is 4.38. The number of nitrogens with one attached hydrogen (secondary N) is 1. The Morgan fingerprint density at radius 3 is 2.36 bits per heavy atom. The summed E-state index contributed by atoms with van der Waals surface area (Å²) >= 11 is 0. The Bertz CT molecular complexity index is 128. The second-order valence-corrected chi connectivity index (χ2v) is 4.39. The van der Waals surface area contributed by atoms with E-state index in [2.05, 4.69) is 33.0 Å². The molecule has 2 atom stereocenters. The fourth-order valence-electron chi connectivity index (χ4n) is 1.46. The molecule has 0 saturated carbocycles. The van der Waals surface area contributed by atoms with Crippen molar-refractivity contribution >= 4 is 0 Å². The summed E-state index contributed by atoms with van der Waals surface area (Å²) < 4.78 is 5.39. The standard InChI is InChI=1S/C9H19NO/c1-7-10-8(5-6-11-7)9(2,3)4/h7-8,10H,5-6H2,1-4H3. The smallest absolute Gasteiger partial charge is 0.105 e. The molecule has 11 heavy (non-hydrogen) atoms. The minimum absolute atomic E-state index is 0.230. The number of hydrogen-bond acceptors (Lipinski definition) is 2. The third-order valence-corrected chi connectivity index (χ3v) is 2.26. The molecule has 1 aliphatic rings. The average Bonchev–Trinajstić information content (AvgIpc) is 1.86. The van der Waals surface area contributed by atoms with E-state index in [1.54, 1.807) is 0 Å². The molecule has 1 N–H and O–H groups in total. The summed E-state index contributed by atoms with van der Waals surface area (Å²) in [6.45, 7) is 9.77. The van der Waals surface area contributed by atoms with Gasteiger partial charge in [0.15, 0.2) is 0 Å². The van der Waals surface area contributed by atoms with E-state index in [-0.39, 0.29) is 6.23 Å². The predicted molar refractivity (Wildman–Crippen MR) is 46.4 cm³/mol. The highest BCUT2D eigenvalue weighted by Crippen LogP contribution is 2.24. The molecular weight excluding hydrogens is 138 g/mol. The van der Waals surface area contributed by atoms with Crippen LogP contribution < -0.4 is 5.32 Å². The molecule has 1 rings (SSSR count). The lowest BCUT2D eigenvalue weighted by atomic mass is 9.84. The molecule has 2 nitrogen and oxygen atoms in total. The summed E-state index contributed by atoms with van der Waals surface area (Å²) in [6.07, 6.45) is 1.36. The summed E-state index contributed by atoms with van der Waals surface area (Å²) in [5.41, 5.74) is 0.359. The van der Waals surface area contributed by atoms with Gasteiger partial charge in [-0.15, -0.1) is 0 Å². The zero-order valence-corrected chi connectivity index (χ0v) is 7.98. The van der Waals surface area contributed by atoms with Crippen molar-refractivity contribution in [3.05, 3.63) is 0 Å². The maximum Gasteiger partial charge on any atom is 0.105 e. The highest BCUT2D eigenvalue weighted by molar-refractivity contribution is 4.82. The van der Waals surface area contributed by atoms with Crippen molar-refractivity contribution in [1.29, 1.82) is 0 Å². The number of hydrogen-bond donors (Lipinski definition) is 1. The molecule has 1 fully saturated rings. The molecule has 1 saturated heterocycles. The molecule has 1 aliphatic heterocycles. The molecule has 0 aromatic rings. The Morgan fingerprint density at radius 2 is 2.00 bits per heavy atom. The lowest BCUT2D eigenvalue weighted by Crippen LogP contribution is -2.50. The molecular formula is C9H19NO. The predicted octanol–water partition coefficient (Wildman–Crippen LogP) is 1.76. The molecule has 0 aromatic carbocycles. The SMILES string of the molecule is CC1NC(C(C)(C)C)CCO1. The van der Waals surface area contributed by atoms with E-state index in [1.165, 1.54) is 0 Å². The maximum atomic E-state index is 5.39. The van der Waals surface area contributed by atoms with Crippen molar-refractivity contribution < 1.29 is 4.74 Å². The normalized spacial score (nSPS) is 33.8. The minimum Gasteiger partial charge on any atom is -0.364 e. The van der Waals surface area contributed by atoms with Crippen LogP contribution in [0.25, 0.3) is 0 Å². The minimum atomic E-state index is 0.230. The Morgan fingerprint density at radius 1 is 1.36 bits per heavy atom. The van der Waals surface area contributed by atoms with Gasteiger partial charge in [0.2, 0.25) is 0 Å². The van der Waals surface area contributed by atoms with Gasteiger partial charge in [0.25, 0.3) is 0 Å². The largest absolute Gasteiger partial charge is 0.364 e. The van der Waals surface area contributed by atoms with Crippen molar-refractivity contribution in [2.24, 2.45) is 5.41 Å². The monoisotopic (exact) mass is 157 g/mol. The summed E-state index contributed by atoms with van der Waals surface area (Å²) in [5, 5.41) is 3.43. The third kappa shape index (κ3) is 2.46. The van der Waals surface area contributed by atoms with Crippen LogP contribution in [0.1, 0.15) is 34.1 Å². The van der Waals surface area contributed by atoms with Crippen LogP contribution in [-0.2, 0) is 4.74 Å². The molecule has 0 spiro atoms. The van der Waals surface area contributed by atoms with Gasteiger partial charge in [-0.05, 0) is 18.8 Å². The summed E-state index contributed by atoms with van der Waals surface area (Å²) in [7, 11) is 0. The van der Waals surface area contributed by atoms with Gasteiger partial charge in [-0.2, -0.15) is 0 Å². The first-order chi connectivity index (χ1) is 5.00. The maximum absolute atomic E-state index is 5.39. The Hall–Kier alpha value is -0.0800. The molecule has 2 heteroatoms. The second kappa shape index (κ2) is 3.11. The van der Waals surface area contributed by atoms with E-state index in [1.807, 2.05) is 0 Å². The Labute approximate surface area is 69.3 Å². The first-order valence-corrected chi connectivity index (χ1v) is 4.38. The zero-order chi connectivity index (χ0) is 8.48. The second-order valence-electron chi connectivity index (χ2n) is 4.39. The molecule has 0 radical (unpaired) electrons. The zero-order valence-electron chi connectivity index (χ0n) is 7.98. The van der Waals surface area contributed by atoms with E-state index < -0.39 is 0 Å². The van der Waals surface area contributed by atoms with E-state index in [9.17, 15) is 0 Å². The Balaban J connectivity index is 2.46. The van der Waals surface area contributed by atoms with E-state index >= 15 is 0 Å². The molecule has 0 bridgehead atoms. The lowest BCUT2D eigenvalue weighted by molar-refractivity contribution is -0.0273. The third-order valence-electron chi connectivity index (χ3n) is 2.26. The van der Waals surface area contributed by atoms with Crippen LogP contribution in [0.4, 0.5) is 0 Å². The van der Waals surface area contributed by atoms with Gasteiger partial charge < -0.3 is 4.74 Å². The van der Waals surface area contributed by atoms with Crippen LogP contribution in [0.2, 0.25) is 0 Å². The molecule has 0 amide bonds. The molecule has 0 aliphatic carbocycles. The van der Waals surface area contributed by atoms with Crippen LogP contribution in [-0.4, -0.2) is 18.9 Å². The quantitative estimate of drug-likeness (QED) is 0.578. The van der Waals surface area contributed by atoms with Gasteiger partial charge in [-0.1, -0.05) is 20.8 Å². The van der Waals surface area contributed by atoms with E-state index in [0.29, 0.717) is 11.5 Å².